The standard InChI is InChI=1S/C25H28ClF3N4O5/c1-32-22(30)21(23(35)33(24(32)36)10-3-11-34)19(31-14-15-4-6-17(26)7-5-15)13-16-12-18(38-25(27,28)29)8-9-20(16)37-2/h4-9,12,19,31,34H,3,10-11,13-14,30H2,1-2H3/t19-/m1/s1. The molecule has 3 aromatic rings. The number of aliphatic hydroxyl groups is 1. The molecular weight excluding hydrogens is 529 g/mol. The Morgan fingerprint density at radius 3 is 2.45 bits per heavy atom. The fourth-order valence-electron chi connectivity index (χ4n) is 4.01. The summed E-state index contributed by atoms with van der Waals surface area (Å²) in [5.74, 6) is -0.295. The van der Waals surface area contributed by atoms with Crippen molar-refractivity contribution in [1.82, 2.24) is 14.5 Å². The number of aromatic nitrogens is 2. The minimum atomic E-state index is -4.90. The Morgan fingerprint density at radius 1 is 1.16 bits per heavy atom. The number of rotatable bonds is 11. The highest BCUT2D eigenvalue weighted by atomic mass is 35.5. The van der Waals surface area contributed by atoms with Crippen LogP contribution in [-0.2, 0) is 26.6 Å². The zero-order chi connectivity index (χ0) is 28.0. The molecule has 0 amide bonds. The van der Waals surface area contributed by atoms with Gasteiger partial charge in [0.2, 0.25) is 0 Å². The van der Waals surface area contributed by atoms with Crippen LogP contribution in [0.3, 0.4) is 0 Å². The van der Waals surface area contributed by atoms with Crippen LogP contribution in [0.5, 0.6) is 11.5 Å². The molecule has 38 heavy (non-hydrogen) atoms. The number of halogens is 4. The van der Waals surface area contributed by atoms with Gasteiger partial charge in [0.1, 0.15) is 17.3 Å². The van der Waals surface area contributed by atoms with Crippen LogP contribution >= 0.6 is 11.6 Å². The highest BCUT2D eigenvalue weighted by Gasteiger charge is 2.32. The summed E-state index contributed by atoms with van der Waals surface area (Å²) in [7, 11) is 2.77. The van der Waals surface area contributed by atoms with E-state index >= 15 is 0 Å². The SMILES string of the molecule is COc1ccc(OC(F)(F)F)cc1C[C@@H](NCc1ccc(Cl)cc1)c1c(N)n(C)c(=O)n(CCCO)c1=O. The van der Waals surface area contributed by atoms with Gasteiger partial charge < -0.3 is 25.6 Å². The maximum atomic E-state index is 13.5. The van der Waals surface area contributed by atoms with Gasteiger partial charge >= 0.3 is 12.1 Å². The number of benzene rings is 2. The third-order valence-corrected chi connectivity index (χ3v) is 6.15. The van der Waals surface area contributed by atoms with E-state index in [0.717, 1.165) is 20.8 Å². The van der Waals surface area contributed by atoms with Crippen molar-refractivity contribution in [3.63, 3.8) is 0 Å². The van der Waals surface area contributed by atoms with Crippen LogP contribution in [0.25, 0.3) is 0 Å². The molecule has 0 fully saturated rings. The molecule has 0 aliphatic rings. The molecule has 9 nitrogen and oxygen atoms in total. The lowest BCUT2D eigenvalue weighted by atomic mass is 9.98. The van der Waals surface area contributed by atoms with E-state index in [1.165, 1.54) is 26.3 Å². The van der Waals surface area contributed by atoms with Crippen LogP contribution in [0.1, 0.15) is 29.2 Å². The van der Waals surface area contributed by atoms with E-state index < -0.39 is 29.4 Å². The number of nitrogens with two attached hydrogens (primary N) is 1. The summed E-state index contributed by atoms with van der Waals surface area (Å²) in [6.07, 6.45) is -4.78. The zero-order valence-corrected chi connectivity index (χ0v) is 21.5. The van der Waals surface area contributed by atoms with E-state index in [-0.39, 0.29) is 49.7 Å². The first kappa shape index (κ1) is 29.1. The number of methoxy groups -OCH3 is 1. The monoisotopic (exact) mass is 556 g/mol. The molecule has 1 atom stereocenters. The molecule has 1 aromatic heterocycles. The van der Waals surface area contributed by atoms with Crippen molar-refractivity contribution in [3.05, 3.63) is 85.0 Å². The minimum Gasteiger partial charge on any atom is -0.496 e. The molecule has 0 aliphatic heterocycles. The second-order valence-corrected chi connectivity index (χ2v) is 8.90. The molecule has 4 N–H and O–H groups in total. The average molecular weight is 557 g/mol. The van der Waals surface area contributed by atoms with Gasteiger partial charge in [-0.2, -0.15) is 0 Å². The summed E-state index contributed by atoms with van der Waals surface area (Å²) < 4.78 is 50.1. The molecule has 2 aromatic carbocycles. The highest BCUT2D eigenvalue weighted by Crippen LogP contribution is 2.32. The molecule has 0 unspecified atom stereocenters. The Hall–Kier alpha value is -3.48. The van der Waals surface area contributed by atoms with Crippen molar-refractivity contribution in [2.45, 2.75) is 38.3 Å². The number of nitrogens with one attached hydrogen (secondary N) is 1. The summed E-state index contributed by atoms with van der Waals surface area (Å²) in [6, 6.07) is 9.69. The maximum Gasteiger partial charge on any atom is 0.573 e. The van der Waals surface area contributed by atoms with Crippen LogP contribution in [0.4, 0.5) is 19.0 Å². The topological polar surface area (TPSA) is 121 Å². The van der Waals surface area contributed by atoms with Crippen molar-refractivity contribution in [3.8, 4) is 11.5 Å². The number of nitrogen functional groups attached to an aromatic ring is 1. The Kier molecular flexibility index (Phi) is 9.47. The quantitative estimate of drug-likeness (QED) is 0.332. The van der Waals surface area contributed by atoms with Crippen LogP contribution in [0.2, 0.25) is 5.02 Å². The molecule has 0 spiro atoms. The van der Waals surface area contributed by atoms with Crippen LogP contribution in [0, 0.1) is 0 Å². The fourth-order valence-corrected chi connectivity index (χ4v) is 4.14. The van der Waals surface area contributed by atoms with E-state index in [0.29, 0.717) is 10.6 Å². The van der Waals surface area contributed by atoms with Crippen molar-refractivity contribution in [1.29, 1.82) is 0 Å². The van der Waals surface area contributed by atoms with Gasteiger partial charge in [0.05, 0.1) is 12.7 Å². The van der Waals surface area contributed by atoms with Crippen molar-refractivity contribution in [2.24, 2.45) is 7.05 Å². The van der Waals surface area contributed by atoms with Gasteiger partial charge in [-0.25, -0.2) is 4.79 Å². The lowest BCUT2D eigenvalue weighted by Gasteiger charge is -2.24. The van der Waals surface area contributed by atoms with E-state index in [1.54, 1.807) is 24.3 Å². The summed E-state index contributed by atoms with van der Waals surface area (Å²) in [4.78, 5) is 26.2. The predicted octanol–water partition coefficient (Wildman–Crippen LogP) is 3.15. The van der Waals surface area contributed by atoms with E-state index in [2.05, 4.69) is 10.1 Å². The van der Waals surface area contributed by atoms with Crippen LogP contribution < -0.4 is 31.8 Å². The summed E-state index contributed by atoms with van der Waals surface area (Å²) in [6.45, 7) is -0.0462. The first-order valence-corrected chi connectivity index (χ1v) is 11.9. The molecule has 1 heterocycles. The summed E-state index contributed by atoms with van der Waals surface area (Å²) in [5, 5.41) is 13.0. The third-order valence-electron chi connectivity index (χ3n) is 5.89. The number of hydrogen-bond acceptors (Lipinski definition) is 7. The Balaban J connectivity index is 2.12. The first-order chi connectivity index (χ1) is 17.9. The Bertz CT molecular complexity index is 1370. The largest absolute Gasteiger partial charge is 0.573 e. The van der Waals surface area contributed by atoms with Crippen LogP contribution in [0.15, 0.2) is 52.1 Å². The van der Waals surface area contributed by atoms with E-state index in [1.807, 2.05) is 0 Å². The zero-order valence-electron chi connectivity index (χ0n) is 20.7. The summed E-state index contributed by atoms with van der Waals surface area (Å²) >= 11 is 5.97. The molecule has 0 saturated carbocycles. The van der Waals surface area contributed by atoms with Crippen molar-refractivity contribution in [2.75, 3.05) is 19.5 Å². The number of anilines is 1. The number of hydrogen-bond donors (Lipinski definition) is 3. The molecule has 206 valence electrons. The van der Waals surface area contributed by atoms with Gasteiger partial charge in [0.15, 0.2) is 0 Å². The fraction of sp³-hybridized carbons (Fsp3) is 0.360. The maximum absolute atomic E-state index is 13.5. The molecule has 0 bridgehead atoms. The van der Waals surface area contributed by atoms with E-state index in [4.69, 9.17) is 22.1 Å². The second kappa shape index (κ2) is 12.4. The minimum absolute atomic E-state index is 0.0382. The molecule has 0 aliphatic carbocycles. The first-order valence-electron chi connectivity index (χ1n) is 11.6. The molecule has 0 saturated heterocycles. The lowest BCUT2D eigenvalue weighted by Crippen LogP contribution is -2.44. The van der Waals surface area contributed by atoms with Gasteiger partial charge in [0, 0.05) is 37.8 Å². The molecule has 13 heteroatoms. The highest BCUT2D eigenvalue weighted by molar-refractivity contribution is 6.30. The number of alkyl halides is 3. The summed E-state index contributed by atoms with van der Waals surface area (Å²) in [5.41, 5.74) is 6.08. The number of aliphatic hydroxyl groups excluding tert-OH is 1. The normalized spacial score (nSPS) is 12.4. The Morgan fingerprint density at radius 2 is 1.84 bits per heavy atom. The van der Waals surface area contributed by atoms with Gasteiger partial charge in [-0.05, 0) is 54.3 Å². The van der Waals surface area contributed by atoms with Crippen LogP contribution in [-0.4, -0.2) is 34.3 Å². The second-order valence-electron chi connectivity index (χ2n) is 8.46. The molecule has 0 radical (unpaired) electrons. The Labute approximate surface area is 221 Å². The van der Waals surface area contributed by atoms with Gasteiger partial charge in [-0.15, -0.1) is 13.2 Å². The average Bonchev–Trinajstić information content (AvgIpc) is 2.86. The molecule has 3 rings (SSSR count). The number of ether oxygens (including phenoxy) is 2. The smallest absolute Gasteiger partial charge is 0.496 e. The van der Waals surface area contributed by atoms with Gasteiger partial charge in [-0.3, -0.25) is 13.9 Å². The predicted molar refractivity (Wildman–Crippen MR) is 136 cm³/mol. The van der Waals surface area contributed by atoms with Gasteiger partial charge in [-0.1, -0.05) is 23.7 Å². The molecular formula is C25H28ClF3N4O5. The van der Waals surface area contributed by atoms with Gasteiger partial charge in [0.25, 0.3) is 5.56 Å². The number of nitrogens with zero attached hydrogens (tertiary/aromatic N) is 2. The third kappa shape index (κ3) is 7.09. The van der Waals surface area contributed by atoms with Crippen molar-refractivity contribution >= 4 is 17.4 Å². The lowest BCUT2D eigenvalue weighted by molar-refractivity contribution is -0.274. The van der Waals surface area contributed by atoms with E-state index in [9.17, 15) is 27.9 Å². The van der Waals surface area contributed by atoms with Crippen molar-refractivity contribution < 1.29 is 27.8 Å².